The standard InChI is InChI=1S/C27H29F3NO4P/c28-27(29,30)24-17-21(14-15-26(31,18-32)19-35-36-33)10-13-25(24)34-16-4-5-20-8-11-23(12-9-20)22-6-2-1-3-7-22/h1-3,6-13,17,32H,4-5,14-16,18-19,31H2. The molecular weight excluding hydrogens is 490 g/mol. The minimum absolute atomic E-state index is 0.144. The molecule has 3 N–H and O–H groups in total. The molecule has 0 fully saturated rings. The van der Waals surface area contributed by atoms with Crippen molar-refractivity contribution in [3.8, 4) is 16.9 Å². The van der Waals surface area contributed by atoms with E-state index in [4.69, 9.17) is 15.0 Å². The van der Waals surface area contributed by atoms with Gasteiger partial charge in [0.2, 0.25) is 0 Å². The summed E-state index contributed by atoms with van der Waals surface area (Å²) in [6, 6.07) is 22.0. The largest absolute Gasteiger partial charge is 0.493 e. The number of halogens is 3. The van der Waals surface area contributed by atoms with E-state index in [-0.39, 0.29) is 31.8 Å². The Balaban J connectivity index is 1.57. The molecule has 1 atom stereocenters. The van der Waals surface area contributed by atoms with Crippen LogP contribution in [0.1, 0.15) is 29.5 Å². The molecular formula is C27H29F3NO4P. The van der Waals surface area contributed by atoms with Crippen molar-refractivity contribution < 1.29 is 32.1 Å². The van der Waals surface area contributed by atoms with Gasteiger partial charge in [0.05, 0.1) is 30.9 Å². The maximum Gasteiger partial charge on any atom is 0.419 e. The average Bonchev–Trinajstić information content (AvgIpc) is 2.89. The minimum atomic E-state index is -4.58. The second kappa shape index (κ2) is 13.0. The highest BCUT2D eigenvalue weighted by Gasteiger charge is 2.35. The topological polar surface area (TPSA) is 81.8 Å². The van der Waals surface area contributed by atoms with Crippen molar-refractivity contribution in [2.45, 2.75) is 37.4 Å². The average molecular weight is 520 g/mol. The molecule has 0 aliphatic rings. The molecule has 0 aromatic heterocycles. The fraction of sp³-hybridized carbons (Fsp3) is 0.333. The Morgan fingerprint density at radius 3 is 2.19 bits per heavy atom. The first kappa shape index (κ1) is 27.8. The van der Waals surface area contributed by atoms with Crippen LogP contribution in [0.3, 0.4) is 0 Å². The van der Waals surface area contributed by atoms with Crippen LogP contribution in [0.15, 0.2) is 72.8 Å². The minimum Gasteiger partial charge on any atom is -0.493 e. The maximum atomic E-state index is 13.7. The number of aryl methyl sites for hydroxylation is 2. The molecule has 0 saturated heterocycles. The second-order valence-electron chi connectivity index (χ2n) is 8.71. The molecule has 36 heavy (non-hydrogen) atoms. The van der Waals surface area contributed by atoms with E-state index in [0.29, 0.717) is 18.4 Å². The smallest absolute Gasteiger partial charge is 0.419 e. The first-order valence-corrected chi connectivity index (χ1v) is 12.3. The van der Waals surface area contributed by atoms with Crippen LogP contribution in [0, 0.1) is 0 Å². The highest BCUT2D eigenvalue weighted by molar-refractivity contribution is 7.17. The van der Waals surface area contributed by atoms with E-state index in [0.717, 1.165) is 22.8 Å². The van der Waals surface area contributed by atoms with Crippen molar-refractivity contribution in [2.24, 2.45) is 5.73 Å². The predicted molar refractivity (Wildman–Crippen MR) is 133 cm³/mol. The van der Waals surface area contributed by atoms with Gasteiger partial charge in [-0.2, -0.15) is 13.2 Å². The van der Waals surface area contributed by atoms with Gasteiger partial charge in [-0.25, -0.2) is 4.57 Å². The Morgan fingerprint density at radius 2 is 1.56 bits per heavy atom. The van der Waals surface area contributed by atoms with Crippen molar-refractivity contribution in [3.05, 3.63) is 89.5 Å². The lowest BCUT2D eigenvalue weighted by molar-refractivity contribution is -0.139. The molecule has 1 unspecified atom stereocenters. The SMILES string of the molecule is NC(CO)(CCc1ccc(OCCCc2ccc(-c3ccccc3)cc2)c(C(F)(F)F)c1)COP=O. The summed E-state index contributed by atoms with van der Waals surface area (Å²) in [4.78, 5) is 0. The highest BCUT2D eigenvalue weighted by Crippen LogP contribution is 2.37. The zero-order valence-electron chi connectivity index (χ0n) is 19.7. The summed E-state index contributed by atoms with van der Waals surface area (Å²) in [7, 11) is -0.577. The third-order valence-electron chi connectivity index (χ3n) is 5.91. The van der Waals surface area contributed by atoms with Gasteiger partial charge in [0, 0.05) is 0 Å². The molecule has 9 heteroatoms. The van der Waals surface area contributed by atoms with E-state index in [1.54, 1.807) is 6.07 Å². The van der Waals surface area contributed by atoms with Crippen molar-refractivity contribution in [3.63, 3.8) is 0 Å². The number of benzene rings is 3. The Hall–Kier alpha value is -2.77. The Morgan fingerprint density at radius 1 is 0.889 bits per heavy atom. The molecule has 0 saturated carbocycles. The number of rotatable bonds is 13. The van der Waals surface area contributed by atoms with Gasteiger partial charge in [-0.1, -0.05) is 60.7 Å². The molecule has 3 aromatic carbocycles. The van der Waals surface area contributed by atoms with Gasteiger partial charge >= 0.3 is 14.9 Å². The van der Waals surface area contributed by atoms with E-state index < -0.39 is 32.6 Å². The van der Waals surface area contributed by atoms with Gasteiger partial charge in [0.25, 0.3) is 0 Å². The van der Waals surface area contributed by atoms with Gasteiger partial charge in [0.1, 0.15) is 5.75 Å². The van der Waals surface area contributed by atoms with Gasteiger partial charge in [0.15, 0.2) is 0 Å². The van der Waals surface area contributed by atoms with Crippen molar-refractivity contribution in [2.75, 3.05) is 19.8 Å². The number of alkyl halides is 3. The van der Waals surface area contributed by atoms with Gasteiger partial charge in [-0.3, -0.25) is 4.52 Å². The summed E-state index contributed by atoms with van der Waals surface area (Å²) in [5.41, 5.74) is 7.64. The number of hydrogen-bond donors (Lipinski definition) is 2. The third-order valence-corrected chi connectivity index (χ3v) is 6.14. The molecule has 3 rings (SSSR count). The first-order chi connectivity index (χ1) is 17.2. The number of nitrogens with two attached hydrogens (primary N) is 1. The third kappa shape index (κ3) is 8.14. The van der Waals surface area contributed by atoms with Crippen LogP contribution in [-0.2, 0) is 28.1 Å². The zero-order valence-corrected chi connectivity index (χ0v) is 20.6. The predicted octanol–water partition coefficient (Wildman–Crippen LogP) is 6.23. The summed E-state index contributed by atoms with van der Waals surface area (Å²) in [6.07, 6.45) is -3.01. The zero-order chi connectivity index (χ0) is 26.0. The maximum absolute atomic E-state index is 13.7. The van der Waals surface area contributed by atoms with Gasteiger partial charge < -0.3 is 15.6 Å². The Kier molecular flexibility index (Phi) is 10.0. The fourth-order valence-electron chi connectivity index (χ4n) is 3.78. The number of ether oxygens (including phenoxy) is 1. The van der Waals surface area contributed by atoms with Crippen LogP contribution in [-0.4, -0.2) is 30.5 Å². The number of aliphatic hydroxyl groups is 1. The molecule has 0 bridgehead atoms. The van der Waals surface area contributed by atoms with E-state index in [2.05, 4.69) is 0 Å². The number of hydrogen-bond acceptors (Lipinski definition) is 5. The highest BCUT2D eigenvalue weighted by atomic mass is 31.1. The summed E-state index contributed by atoms with van der Waals surface area (Å²) >= 11 is 0. The molecule has 0 aliphatic heterocycles. The molecule has 0 heterocycles. The lowest BCUT2D eigenvalue weighted by Crippen LogP contribution is -2.47. The summed E-state index contributed by atoms with van der Waals surface area (Å²) in [5.74, 6) is -0.222. The van der Waals surface area contributed by atoms with Crippen LogP contribution in [0.2, 0.25) is 0 Å². The van der Waals surface area contributed by atoms with E-state index in [1.165, 1.54) is 6.07 Å². The van der Waals surface area contributed by atoms with Crippen LogP contribution in [0.25, 0.3) is 11.1 Å². The van der Waals surface area contributed by atoms with Crippen LogP contribution >= 0.6 is 8.69 Å². The van der Waals surface area contributed by atoms with E-state index >= 15 is 0 Å². The molecule has 192 valence electrons. The normalized spacial score (nSPS) is 13.5. The van der Waals surface area contributed by atoms with E-state index in [1.807, 2.05) is 54.6 Å². The fourth-order valence-corrected chi connectivity index (χ4v) is 4.09. The van der Waals surface area contributed by atoms with E-state index in [9.17, 15) is 22.8 Å². The van der Waals surface area contributed by atoms with Crippen LogP contribution in [0.4, 0.5) is 13.2 Å². The quantitative estimate of drug-likeness (QED) is 0.207. The van der Waals surface area contributed by atoms with Gasteiger partial charge in [-0.15, -0.1) is 0 Å². The van der Waals surface area contributed by atoms with Gasteiger partial charge in [-0.05, 0) is 60.1 Å². The van der Waals surface area contributed by atoms with Crippen LogP contribution in [0.5, 0.6) is 5.75 Å². The Labute approximate surface area is 210 Å². The molecule has 0 amide bonds. The summed E-state index contributed by atoms with van der Waals surface area (Å²) < 4.78 is 61.8. The summed E-state index contributed by atoms with van der Waals surface area (Å²) in [5, 5.41) is 9.48. The van der Waals surface area contributed by atoms with Crippen molar-refractivity contribution in [1.82, 2.24) is 0 Å². The van der Waals surface area contributed by atoms with Crippen molar-refractivity contribution >= 4 is 8.69 Å². The molecule has 5 nitrogen and oxygen atoms in total. The molecule has 0 aliphatic carbocycles. The lowest BCUT2D eigenvalue weighted by Gasteiger charge is -2.25. The molecule has 0 radical (unpaired) electrons. The number of aliphatic hydroxyl groups excluding tert-OH is 1. The van der Waals surface area contributed by atoms with Crippen molar-refractivity contribution in [1.29, 1.82) is 0 Å². The Bertz CT molecular complexity index is 1110. The monoisotopic (exact) mass is 519 g/mol. The lowest BCUT2D eigenvalue weighted by atomic mass is 9.93. The summed E-state index contributed by atoms with van der Waals surface area (Å²) in [6.45, 7) is -0.493. The van der Waals surface area contributed by atoms with Crippen LogP contribution < -0.4 is 10.5 Å². The second-order valence-corrected chi connectivity index (χ2v) is 9.12. The molecule has 0 spiro atoms. The molecule has 3 aromatic rings. The first-order valence-electron chi connectivity index (χ1n) is 11.6.